The molecule has 0 aliphatic carbocycles. The number of hydrogen-bond donors (Lipinski definition) is 1. The van der Waals surface area contributed by atoms with Gasteiger partial charge in [-0.05, 0) is 18.2 Å². The fraction of sp³-hybridized carbons (Fsp3) is 0.391. The summed E-state index contributed by atoms with van der Waals surface area (Å²) in [6, 6.07) is 3.35. The molecule has 0 amide bonds. The fourth-order valence-electron chi connectivity index (χ4n) is 4.46. The molecule has 1 N–H and O–H groups in total. The molecule has 2 bridgehead atoms. The predicted molar refractivity (Wildman–Crippen MR) is 131 cm³/mol. The first kappa shape index (κ1) is 25.5. The Morgan fingerprint density at radius 3 is 2.49 bits per heavy atom. The third kappa shape index (κ3) is 5.29. The lowest BCUT2D eigenvalue weighted by molar-refractivity contribution is -0.0780. The monoisotopic (exact) mass is 552 g/mol. The molecule has 2 saturated heterocycles. The van der Waals surface area contributed by atoms with Crippen LogP contribution in [-0.2, 0) is 14.6 Å². The third-order valence-corrected chi connectivity index (χ3v) is 8.26. The van der Waals surface area contributed by atoms with Crippen molar-refractivity contribution in [1.29, 1.82) is 0 Å². The molecule has 0 radical (unpaired) electrons. The Kier molecular flexibility index (Phi) is 7.10. The molecule has 4 heterocycles. The molecule has 0 spiro atoms. The van der Waals surface area contributed by atoms with E-state index in [9.17, 15) is 12.8 Å². The van der Waals surface area contributed by atoms with Crippen LogP contribution in [0.4, 0.5) is 26.2 Å². The molecule has 2 atom stereocenters. The van der Waals surface area contributed by atoms with E-state index < -0.39 is 21.5 Å². The van der Waals surface area contributed by atoms with Crippen molar-refractivity contribution in [1.82, 2.24) is 19.9 Å². The number of benzene rings is 1. The molecule has 2 aliphatic rings. The van der Waals surface area contributed by atoms with Gasteiger partial charge in [0.1, 0.15) is 18.2 Å². The quantitative estimate of drug-likeness (QED) is 0.467. The highest BCUT2D eigenvalue weighted by Crippen LogP contribution is 2.34. The average Bonchev–Trinajstić information content (AvgIpc) is 2.87. The van der Waals surface area contributed by atoms with E-state index in [4.69, 9.17) is 21.1 Å². The number of nitrogens with zero attached hydrogens (tertiary/aromatic N) is 5. The lowest BCUT2D eigenvalue weighted by Crippen LogP contribution is -2.58. The Morgan fingerprint density at radius 1 is 1.14 bits per heavy atom. The maximum atomic E-state index is 15.3. The highest BCUT2D eigenvalue weighted by Gasteiger charge is 2.43. The predicted octanol–water partition coefficient (Wildman–Crippen LogP) is 3.27. The van der Waals surface area contributed by atoms with Gasteiger partial charge in [0, 0.05) is 24.9 Å². The molecule has 2 aliphatic heterocycles. The summed E-state index contributed by atoms with van der Waals surface area (Å²) in [5, 5.41) is 3.00. The van der Waals surface area contributed by atoms with Gasteiger partial charge in [-0.3, -0.25) is 0 Å². The molecule has 3 aromatic rings. The van der Waals surface area contributed by atoms with Crippen LogP contribution < -0.4 is 15.0 Å². The van der Waals surface area contributed by atoms with Gasteiger partial charge in [0.25, 0.3) is 5.88 Å². The first-order chi connectivity index (χ1) is 17.7. The molecular formula is C23H23ClF2N6O4S. The van der Waals surface area contributed by atoms with Gasteiger partial charge in [0.15, 0.2) is 15.7 Å². The number of hydrogen-bond acceptors (Lipinski definition) is 10. The Balaban J connectivity index is 1.33. The molecule has 14 heteroatoms. The van der Waals surface area contributed by atoms with E-state index >= 15 is 4.39 Å². The van der Waals surface area contributed by atoms with Gasteiger partial charge in [-0.2, -0.15) is 9.37 Å². The van der Waals surface area contributed by atoms with Gasteiger partial charge >= 0.3 is 0 Å². The minimum absolute atomic E-state index is 0.108. The van der Waals surface area contributed by atoms with Gasteiger partial charge in [-0.25, -0.2) is 27.8 Å². The van der Waals surface area contributed by atoms with Crippen molar-refractivity contribution in [2.75, 3.05) is 42.3 Å². The van der Waals surface area contributed by atoms with Crippen molar-refractivity contribution < 1.29 is 26.7 Å². The maximum Gasteiger partial charge on any atom is 0.256 e. The summed E-state index contributed by atoms with van der Waals surface area (Å²) in [7, 11) is -3.59. The van der Waals surface area contributed by atoms with Crippen LogP contribution in [0, 0.1) is 23.5 Å². The van der Waals surface area contributed by atoms with E-state index in [-0.39, 0.29) is 46.0 Å². The van der Waals surface area contributed by atoms with Crippen LogP contribution in [0.2, 0.25) is 5.02 Å². The Labute approximate surface area is 216 Å². The second-order valence-corrected chi connectivity index (χ2v) is 11.5. The lowest BCUT2D eigenvalue weighted by atomic mass is 9.84. The summed E-state index contributed by atoms with van der Waals surface area (Å²) in [6.07, 6.45) is 3.79. The zero-order chi connectivity index (χ0) is 26.2. The second-order valence-electron chi connectivity index (χ2n) is 8.76. The minimum Gasteiger partial charge on any atom is -0.471 e. The van der Waals surface area contributed by atoms with Gasteiger partial charge in [0.2, 0.25) is 11.8 Å². The summed E-state index contributed by atoms with van der Waals surface area (Å²) in [6.45, 7) is 3.33. The van der Waals surface area contributed by atoms with Gasteiger partial charge < -0.3 is 19.7 Å². The van der Waals surface area contributed by atoms with E-state index in [0.717, 1.165) is 12.4 Å². The van der Waals surface area contributed by atoms with Crippen LogP contribution in [0.15, 0.2) is 41.8 Å². The molecule has 2 aromatic heterocycles. The number of sulfone groups is 1. The smallest absolute Gasteiger partial charge is 0.256 e. The number of aromatic nitrogens is 4. The van der Waals surface area contributed by atoms with Crippen molar-refractivity contribution in [3.8, 4) is 5.88 Å². The number of ether oxygens (including phenoxy) is 2. The topological polar surface area (TPSA) is 119 Å². The van der Waals surface area contributed by atoms with Crippen LogP contribution in [-0.4, -0.2) is 66.5 Å². The molecule has 10 nitrogen and oxygen atoms in total. The molecule has 196 valence electrons. The van der Waals surface area contributed by atoms with Crippen molar-refractivity contribution in [2.24, 2.45) is 11.8 Å². The number of anilines is 3. The van der Waals surface area contributed by atoms with Gasteiger partial charge in [-0.1, -0.05) is 18.5 Å². The van der Waals surface area contributed by atoms with Crippen LogP contribution in [0.25, 0.3) is 0 Å². The lowest BCUT2D eigenvalue weighted by Gasteiger charge is -2.46. The van der Waals surface area contributed by atoms with Crippen LogP contribution in [0.5, 0.6) is 5.88 Å². The Hall–Kier alpha value is -3.16. The molecular weight excluding hydrogens is 530 g/mol. The van der Waals surface area contributed by atoms with Crippen molar-refractivity contribution in [3.63, 3.8) is 0 Å². The minimum atomic E-state index is -3.59. The average molecular weight is 553 g/mol. The molecule has 0 saturated carbocycles. The maximum absolute atomic E-state index is 15.3. The first-order valence-corrected chi connectivity index (χ1v) is 13.5. The van der Waals surface area contributed by atoms with Crippen LogP contribution in [0.1, 0.15) is 6.92 Å². The summed E-state index contributed by atoms with van der Waals surface area (Å²) < 4.78 is 65.7. The van der Waals surface area contributed by atoms with E-state index in [2.05, 4.69) is 25.3 Å². The molecule has 2 unspecified atom stereocenters. The molecule has 37 heavy (non-hydrogen) atoms. The number of halogens is 3. The largest absolute Gasteiger partial charge is 0.471 e. The number of fused-ring (bicyclic) bond motifs is 2. The zero-order valence-electron chi connectivity index (χ0n) is 19.6. The number of rotatable bonds is 7. The van der Waals surface area contributed by atoms with Crippen LogP contribution in [0.3, 0.4) is 0 Å². The Morgan fingerprint density at radius 2 is 1.84 bits per heavy atom. The number of piperidine rings is 1. The van der Waals surface area contributed by atoms with Gasteiger partial charge in [-0.15, -0.1) is 0 Å². The molecule has 5 rings (SSSR count). The van der Waals surface area contributed by atoms with E-state index in [1.807, 2.05) is 4.90 Å². The van der Waals surface area contributed by atoms with Crippen LogP contribution >= 0.6 is 11.6 Å². The molecule has 2 fully saturated rings. The highest BCUT2D eigenvalue weighted by atomic mass is 35.5. The second kappa shape index (κ2) is 10.3. The van der Waals surface area contributed by atoms with E-state index in [0.29, 0.717) is 37.3 Å². The molecule has 1 aromatic carbocycles. The third-order valence-electron chi connectivity index (χ3n) is 6.33. The van der Waals surface area contributed by atoms with Gasteiger partial charge in [0.05, 0.1) is 47.0 Å². The fourth-order valence-corrected chi connectivity index (χ4v) is 5.45. The van der Waals surface area contributed by atoms with E-state index in [1.165, 1.54) is 31.5 Å². The van der Waals surface area contributed by atoms with E-state index in [1.54, 1.807) is 0 Å². The highest BCUT2D eigenvalue weighted by molar-refractivity contribution is 7.91. The standard InChI is InChI=1S/C23H23ClF2N6O4S/c1-2-37(33,34)16-3-4-18(17(25)5-16)31-21-19(26)22(30-12-29-21)36-20-13-8-32(9-14(20)11-35-10-13)23-27-6-15(24)7-28-23/h3-7,12-14,20H,2,8-11H2,1H3,(H,29,30,31). The Bertz CT molecular complexity index is 1380. The SMILES string of the molecule is CCS(=O)(=O)c1ccc(Nc2ncnc(OC3C4COCC3CN(c3ncc(Cl)cn3)C4)c2F)c(F)c1. The normalized spacial score (nSPS) is 21.5. The summed E-state index contributed by atoms with van der Waals surface area (Å²) in [4.78, 5) is 18.2. The summed E-state index contributed by atoms with van der Waals surface area (Å²) in [5.41, 5.74) is -0.139. The number of nitrogens with one attached hydrogen (secondary N) is 1. The van der Waals surface area contributed by atoms with Crippen molar-refractivity contribution in [2.45, 2.75) is 17.9 Å². The zero-order valence-corrected chi connectivity index (χ0v) is 21.2. The first-order valence-electron chi connectivity index (χ1n) is 11.5. The summed E-state index contributed by atoms with van der Waals surface area (Å²) in [5.74, 6) is -2.18. The van der Waals surface area contributed by atoms with Crippen molar-refractivity contribution in [3.05, 3.63) is 53.6 Å². The summed E-state index contributed by atoms with van der Waals surface area (Å²) >= 11 is 5.90. The van der Waals surface area contributed by atoms with Crippen molar-refractivity contribution >= 4 is 38.9 Å².